The van der Waals surface area contributed by atoms with Gasteiger partial charge in [-0.25, -0.2) is 0 Å². The molecule has 5 atom stereocenters. The molecule has 104 valence electrons. The summed E-state index contributed by atoms with van der Waals surface area (Å²) in [6.45, 7) is 5.79. The van der Waals surface area contributed by atoms with Crippen LogP contribution in [0.1, 0.15) is 39.5 Å². The van der Waals surface area contributed by atoms with Crippen LogP contribution in [0.3, 0.4) is 0 Å². The van der Waals surface area contributed by atoms with Crippen molar-refractivity contribution in [1.82, 2.24) is 5.32 Å². The summed E-state index contributed by atoms with van der Waals surface area (Å²) >= 11 is 0. The fourth-order valence-electron chi connectivity index (χ4n) is 3.15. The molecule has 1 heterocycles. The number of ether oxygens (including phenoxy) is 1. The lowest BCUT2D eigenvalue weighted by Gasteiger charge is -2.33. The van der Waals surface area contributed by atoms with Gasteiger partial charge in [-0.15, -0.1) is 0 Å². The highest BCUT2D eigenvalue weighted by atomic mass is 16.5. The van der Waals surface area contributed by atoms with Crippen LogP contribution in [0.5, 0.6) is 0 Å². The zero-order valence-corrected chi connectivity index (χ0v) is 11.5. The molecule has 1 saturated heterocycles. The molecule has 1 amide bonds. The summed E-state index contributed by atoms with van der Waals surface area (Å²) in [5.74, 6) is 1.08. The Morgan fingerprint density at radius 2 is 2.11 bits per heavy atom. The number of carbonyl (C=O) groups is 1. The Morgan fingerprint density at radius 3 is 2.78 bits per heavy atom. The van der Waals surface area contributed by atoms with E-state index < -0.39 is 0 Å². The molecule has 4 heteroatoms. The molecule has 0 radical (unpaired) electrons. The first-order valence-electron chi connectivity index (χ1n) is 7.24. The highest BCUT2D eigenvalue weighted by molar-refractivity contribution is 5.79. The molecule has 1 aliphatic heterocycles. The van der Waals surface area contributed by atoms with E-state index in [1.165, 1.54) is 0 Å². The first-order chi connectivity index (χ1) is 8.59. The molecule has 1 saturated carbocycles. The quantitative estimate of drug-likeness (QED) is 0.797. The summed E-state index contributed by atoms with van der Waals surface area (Å²) in [6.07, 6.45) is 4.53. The van der Waals surface area contributed by atoms with E-state index in [0.717, 1.165) is 38.8 Å². The van der Waals surface area contributed by atoms with Gasteiger partial charge in [-0.2, -0.15) is 0 Å². The van der Waals surface area contributed by atoms with Crippen molar-refractivity contribution in [2.24, 2.45) is 23.5 Å². The first kappa shape index (κ1) is 13.8. The minimum Gasteiger partial charge on any atom is -0.378 e. The number of hydrogen-bond donors (Lipinski definition) is 2. The van der Waals surface area contributed by atoms with Gasteiger partial charge in [-0.3, -0.25) is 4.79 Å². The molecule has 2 fully saturated rings. The third-order valence-corrected chi connectivity index (χ3v) is 4.70. The number of amides is 1. The van der Waals surface area contributed by atoms with E-state index in [2.05, 4.69) is 19.2 Å². The molecule has 0 spiro atoms. The largest absolute Gasteiger partial charge is 0.378 e. The maximum atomic E-state index is 12.2. The molecule has 0 aromatic heterocycles. The van der Waals surface area contributed by atoms with Crippen LogP contribution < -0.4 is 11.1 Å². The van der Waals surface area contributed by atoms with E-state index in [1.807, 2.05) is 0 Å². The lowest BCUT2D eigenvalue weighted by atomic mass is 9.78. The Kier molecular flexibility index (Phi) is 4.62. The minimum absolute atomic E-state index is 0.00591. The monoisotopic (exact) mass is 254 g/mol. The van der Waals surface area contributed by atoms with E-state index in [1.54, 1.807) is 0 Å². The van der Waals surface area contributed by atoms with Gasteiger partial charge in [0.2, 0.25) is 5.91 Å². The third kappa shape index (κ3) is 3.04. The van der Waals surface area contributed by atoms with Crippen molar-refractivity contribution >= 4 is 5.91 Å². The second kappa shape index (κ2) is 6.02. The molecular weight excluding hydrogens is 228 g/mol. The Hall–Kier alpha value is -0.610. The third-order valence-electron chi connectivity index (χ3n) is 4.70. The molecule has 0 bridgehead atoms. The fraction of sp³-hybridized carbons (Fsp3) is 0.929. The summed E-state index contributed by atoms with van der Waals surface area (Å²) in [5.41, 5.74) is 6.15. The zero-order valence-electron chi connectivity index (χ0n) is 11.5. The minimum atomic E-state index is 0.00591. The maximum Gasteiger partial charge on any atom is 0.224 e. The van der Waals surface area contributed by atoms with Crippen LogP contribution in [0.15, 0.2) is 0 Å². The van der Waals surface area contributed by atoms with Gasteiger partial charge in [0.25, 0.3) is 0 Å². The van der Waals surface area contributed by atoms with Crippen LogP contribution in [0, 0.1) is 17.8 Å². The van der Waals surface area contributed by atoms with Crippen LogP contribution in [-0.2, 0) is 9.53 Å². The van der Waals surface area contributed by atoms with Crippen LogP contribution in [-0.4, -0.2) is 31.2 Å². The Labute approximate surface area is 110 Å². The number of rotatable bonds is 3. The van der Waals surface area contributed by atoms with Crippen LogP contribution in [0.25, 0.3) is 0 Å². The van der Waals surface area contributed by atoms with Gasteiger partial charge in [0.1, 0.15) is 0 Å². The highest BCUT2D eigenvalue weighted by Crippen LogP contribution is 2.28. The summed E-state index contributed by atoms with van der Waals surface area (Å²) in [6, 6.07) is 0.0241. The van der Waals surface area contributed by atoms with E-state index >= 15 is 0 Å². The highest BCUT2D eigenvalue weighted by Gasteiger charge is 2.33. The van der Waals surface area contributed by atoms with Gasteiger partial charge in [-0.1, -0.05) is 13.3 Å². The summed E-state index contributed by atoms with van der Waals surface area (Å²) in [7, 11) is 0. The molecule has 1 aliphatic carbocycles. The number of nitrogens with one attached hydrogen (secondary N) is 1. The molecule has 2 aliphatic rings. The molecule has 2 rings (SSSR count). The first-order valence-corrected chi connectivity index (χ1v) is 7.24. The zero-order chi connectivity index (χ0) is 13.1. The molecule has 3 N–H and O–H groups in total. The van der Waals surface area contributed by atoms with Crippen molar-refractivity contribution in [3.63, 3.8) is 0 Å². The summed E-state index contributed by atoms with van der Waals surface area (Å²) < 4.78 is 5.51. The number of carbonyl (C=O) groups excluding carboxylic acids is 1. The second-order valence-electron chi connectivity index (χ2n) is 5.96. The molecule has 18 heavy (non-hydrogen) atoms. The Bertz CT molecular complexity index is 296. The molecule has 0 aromatic carbocycles. The van der Waals surface area contributed by atoms with E-state index in [4.69, 9.17) is 10.5 Å². The van der Waals surface area contributed by atoms with Crippen LogP contribution in [0.2, 0.25) is 0 Å². The predicted molar refractivity (Wildman–Crippen MR) is 71.0 cm³/mol. The van der Waals surface area contributed by atoms with Gasteiger partial charge in [-0.05, 0) is 32.1 Å². The normalized spacial score (nSPS) is 40.7. The topological polar surface area (TPSA) is 64.3 Å². The fourth-order valence-corrected chi connectivity index (χ4v) is 3.15. The number of hydrogen-bond acceptors (Lipinski definition) is 3. The van der Waals surface area contributed by atoms with Crippen LogP contribution >= 0.6 is 0 Å². The van der Waals surface area contributed by atoms with Gasteiger partial charge in [0.05, 0.1) is 12.0 Å². The lowest BCUT2D eigenvalue weighted by Crippen LogP contribution is -2.48. The van der Waals surface area contributed by atoms with Gasteiger partial charge in [0.15, 0.2) is 0 Å². The van der Waals surface area contributed by atoms with Gasteiger partial charge in [0, 0.05) is 25.1 Å². The standard InChI is InChI=1S/C14H26N2O2/c1-9-4-3-5-12(13(9)15)14(17)16-8-11-6-7-18-10(11)2/h9-13H,3-8,15H2,1-2H3,(H,16,17). The maximum absolute atomic E-state index is 12.2. The smallest absolute Gasteiger partial charge is 0.224 e. The lowest BCUT2D eigenvalue weighted by molar-refractivity contribution is -0.127. The number of nitrogens with two attached hydrogens (primary N) is 1. The predicted octanol–water partition coefficient (Wildman–Crippen LogP) is 1.29. The SMILES string of the molecule is CC1CCCC(C(=O)NCC2CCOC2C)C1N. The van der Waals surface area contributed by atoms with Crippen molar-refractivity contribution < 1.29 is 9.53 Å². The average Bonchev–Trinajstić information content (AvgIpc) is 2.75. The van der Waals surface area contributed by atoms with Crippen molar-refractivity contribution in [2.75, 3.05) is 13.2 Å². The Balaban J connectivity index is 1.80. The van der Waals surface area contributed by atoms with Gasteiger partial charge < -0.3 is 15.8 Å². The summed E-state index contributed by atoms with van der Waals surface area (Å²) in [4.78, 5) is 12.2. The average molecular weight is 254 g/mol. The van der Waals surface area contributed by atoms with Crippen molar-refractivity contribution in [3.05, 3.63) is 0 Å². The molecule has 4 nitrogen and oxygen atoms in total. The van der Waals surface area contributed by atoms with Crippen molar-refractivity contribution in [1.29, 1.82) is 0 Å². The second-order valence-corrected chi connectivity index (χ2v) is 5.96. The van der Waals surface area contributed by atoms with E-state index in [-0.39, 0.29) is 24.0 Å². The van der Waals surface area contributed by atoms with E-state index in [0.29, 0.717) is 11.8 Å². The Morgan fingerprint density at radius 1 is 1.33 bits per heavy atom. The summed E-state index contributed by atoms with van der Waals surface area (Å²) in [5, 5.41) is 3.08. The van der Waals surface area contributed by atoms with Crippen molar-refractivity contribution in [2.45, 2.75) is 51.7 Å². The molecule has 5 unspecified atom stereocenters. The van der Waals surface area contributed by atoms with Crippen LogP contribution in [0.4, 0.5) is 0 Å². The molecule has 0 aromatic rings. The molecular formula is C14H26N2O2. The van der Waals surface area contributed by atoms with E-state index in [9.17, 15) is 4.79 Å². The van der Waals surface area contributed by atoms with Gasteiger partial charge >= 0.3 is 0 Å². The van der Waals surface area contributed by atoms with Crippen molar-refractivity contribution in [3.8, 4) is 0 Å².